The molecule has 2 aromatic carbocycles. The molecule has 3 aromatic rings. The SMILES string of the molecule is Clc1ccccc1-c1nc(N2CCCC2)c2c(Cl)cccc2n1. The molecule has 0 saturated carbocycles. The summed E-state index contributed by atoms with van der Waals surface area (Å²) in [5, 5.41) is 2.27. The van der Waals surface area contributed by atoms with Crippen molar-refractivity contribution >= 4 is 39.9 Å². The number of hydrogen-bond donors (Lipinski definition) is 0. The van der Waals surface area contributed by atoms with E-state index in [2.05, 4.69) is 4.90 Å². The summed E-state index contributed by atoms with van der Waals surface area (Å²) in [7, 11) is 0. The van der Waals surface area contributed by atoms with Crippen molar-refractivity contribution in [2.24, 2.45) is 0 Å². The molecule has 4 rings (SSSR count). The quantitative estimate of drug-likeness (QED) is 0.639. The van der Waals surface area contributed by atoms with Crippen molar-refractivity contribution < 1.29 is 0 Å². The summed E-state index contributed by atoms with van der Waals surface area (Å²) in [6.45, 7) is 2.00. The molecule has 0 spiro atoms. The van der Waals surface area contributed by atoms with Crippen molar-refractivity contribution in [3.05, 3.63) is 52.5 Å². The minimum Gasteiger partial charge on any atom is -0.356 e. The molecule has 0 atom stereocenters. The molecule has 0 N–H and O–H groups in total. The Morgan fingerprint density at radius 1 is 0.826 bits per heavy atom. The maximum Gasteiger partial charge on any atom is 0.163 e. The van der Waals surface area contributed by atoms with Crippen LogP contribution in [-0.4, -0.2) is 23.1 Å². The molecule has 0 bridgehead atoms. The second-order valence-electron chi connectivity index (χ2n) is 5.68. The highest BCUT2D eigenvalue weighted by Gasteiger charge is 2.20. The van der Waals surface area contributed by atoms with E-state index in [1.165, 1.54) is 12.8 Å². The van der Waals surface area contributed by atoms with Gasteiger partial charge in [-0.05, 0) is 37.1 Å². The molecule has 23 heavy (non-hydrogen) atoms. The summed E-state index contributed by atoms with van der Waals surface area (Å²) >= 11 is 12.8. The molecule has 3 nitrogen and oxygen atoms in total. The number of aromatic nitrogens is 2. The Balaban J connectivity index is 1.99. The van der Waals surface area contributed by atoms with Crippen LogP contribution < -0.4 is 4.90 Å². The smallest absolute Gasteiger partial charge is 0.163 e. The number of hydrogen-bond acceptors (Lipinski definition) is 3. The Labute approximate surface area is 144 Å². The van der Waals surface area contributed by atoms with Crippen molar-refractivity contribution in [2.45, 2.75) is 12.8 Å². The number of benzene rings is 2. The molecular weight excluding hydrogens is 329 g/mol. The number of halogens is 2. The van der Waals surface area contributed by atoms with Crippen LogP contribution in [0.3, 0.4) is 0 Å². The Bertz CT molecular complexity index is 873. The van der Waals surface area contributed by atoms with Gasteiger partial charge >= 0.3 is 0 Å². The fourth-order valence-electron chi connectivity index (χ4n) is 3.04. The van der Waals surface area contributed by atoms with Gasteiger partial charge in [-0.25, -0.2) is 9.97 Å². The Morgan fingerprint density at radius 2 is 1.57 bits per heavy atom. The molecule has 0 radical (unpaired) electrons. The predicted octanol–water partition coefficient (Wildman–Crippen LogP) is 5.20. The molecule has 1 aliphatic heterocycles. The molecule has 0 unspecified atom stereocenters. The van der Waals surface area contributed by atoms with Crippen LogP contribution >= 0.6 is 23.2 Å². The first-order valence-corrected chi connectivity index (χ1v) is 8.46. The Kier molecular flexibility index (Phi) is 3.83. The highest BCUT2D eigenvalue weighted by molar-refractivity contribution is 6.36. The number of fused-ring (bicyclic) bond motifs is 1. The summed E-state index contributed by atoms with van der Waals surface area (Å²) in [5.41, 5.74) is 1.70. The first-order chi connectivity index (χ1) is 11.2. The second kappa shape index (κ2) is 5.99. The lowest BCUT2D eigenvalue weighted by Crippen LogP contribution is -2.20. The van der Waals surface area contributed by atoms with Gasteiger partial charge in [-0.2, -0.15) is 0 Å². The lowest BCUT2D eigenvalue weighted by atomic mass is 10.1. The molecule has 5 heteroatoms. The summed E-state index contributed by atoms with van der Waals surface area (Å²) in [6.07, 6.45) is 2.36. The average Bonchev–Trinajstić information content (AvgIpc) is 3.09. The maximum atomic E-state index is 6.44. The van der Waals surface area contributed by atoms with E-state index < -0.39 is 0 Å². The highest BCUT2D eigenvalue weighted by atomic mass is 35.5. The van der Waals surface area contributed by atoms with Crippen molar-refractivity contribution in [3.63, 3.8) is 0 Å². The second-order valence-corrected chi connectivity index (χ2v) is 6.49. The molecule has 116 valence electrons. The fraction of sp³-hybridized carbons (Fsp3) is 0.222. The van der Waals surface area contributed by atoms with Gasteiger partial charge in [0.25, 0.3) is 0 Å². The van der Waals surface area contributed by atoms with E-state index in [0.29, 0.717) is 15.9 Å². The third-order valence-corrected chi connectivity index (χ3v) is 4.82. The van der Waals surface area contributed by atoms with Crippen LogP contribution in [0.4, 0.5) is 5.82 Å². The number of anilines is 1. The van der Waals surface area contributed by atoms with Gasteiger partial charge < -0.3 is 4.90 Å². The first-order valence-electron chi connectivity index (χ1n) is 7.70. The average molecular weight is 344 g/mol. The van der Waals surface area contributed by atoms with Gasteiger partial charge in [0.2, 0.25) is 0 Å². The van der Waals surface area contributed by atoms with Crippen molar-refractivity contribution in [3.8, 4) is 11.4 Å². The zero-order chi connectivity index (χ0) is 15.8. The van der Waals surface area contributed by atoms with Gasteiger partial charge in [0.15, 0.2) is 5.82 Å². The van der Waals surface area contributed by atoms with Crippen molar-refractivity contribution in [1.82, 2.24) is 9.97 Å². The molecule has 1 aliphatic rings. The normalized spacial score (nSPS) is 14.6. The predicted molar refractivity (Wildman–Crippen MR) is 96.4 cm³/mol. The van der Waals surface area contributed by atoms with Gasteiger partial charge in [0.1, 0.15) is 5.82 Å². The van der Waals surface area contributed by atoms with Crippen LogP contribution in [-0.2, 0) is 0 Å². The summed E-state index contributed by atoms with van der Waals surface area (Å²) < 4.78 is 0. The standard InChI is InChI=1S/C18H15Cl2N3/c19-13-7-2-1-6-12(13)17-21-15-9-5-8-14(20)16(15)18(22-17)23-10-3-4-11-23/h1-2,5-9H,3-4,10-11H2. The highest BCUT2D eigenvalue weighted by Crippen LogP contribution is 2.35. The van der Waals surface area contributed by atoms with Gasteiger partial charge in [0.05, 0.1) is 20.9 Å². The van der Waals surface area contributed by atoms with Crippen LogP contribution in [0.25, 0.3) is 22.3 Å². The van der Waals surface area contributed by atoms with Gasteiger partial charge in [-0.1, -0.05) is 41.4 Å². The largest absolute Gasteiger partial charge is 0.356 e. The van der Waals surface area contributed by atoms with Crippen LogP contribution in [0.1, 0.15) is 12.8 Å². The lowest BCUT2D eigenvalue weighted by Gasteiger charge is -2.20. The summed E-state index contributed by atoms with van der Waals surface area (Å²) in [5.74, 6) is 1.56. The third kappa shape index (κ3) is 2.64. The molecule has 1 saturated heterocycles. The summed E-state index contributed by atoms with van der Waals surface area (Å²) in [4.78, 5) is 11.8. The van der Waals surface area contributed by atoms with Crippen LogP contribution in [0.2, 0.25) is 10.0 Å². The van der Waals surface area contributed by atoms with Crippen molar-refractivity contribution in [2.75, 3.05) is 18.0 Å². The van der Waals surface area contributed by atoms with E-state index >= 15 is 0 Å². The Morgan fingerprint density at radius 3 is 2.35 bits per heavy atom. The number of nitrogens with zero attached hydrogens (tertiary/aromatic N) is 3. The minimum atomic E-state index is 0.646. The molecule has 1 aromatic heterocycles. The topological polar surface area (TPSA) is 29.0 Å². The van der Waals surface area contributed by atoms with E-state index in [1.807, 2.05) is 42.5 Å². The minimum absolute atomic E-state index is 0.646. The van der Waals surface area contributed by atoms with E-state index in [4.69, 9.17) is 33.2 Å². The van der Waals surface area contributed by atoms with E-state index in [0.717, 1.165) is 35.4 Å². The van der Waals surface area contributed by atoms with E-state index in [-0.39, 0.29) is 0 Å². The van der Waals surface area contributed by atoms with Crippen LogP contribution in [0, 0.1) is 0 Å². The molecular formula is C18H15Cl2N3. The van der Waals surface area contributed by atoms with Gasteiger partial charge in [-0.15, -0.1) is 0 Å². The fourth-order valence-corrected chi connectivity index (χ4v) is 3.52. The van der Waals surface area contributed by atoms with Gasteiger partial charge in [0, 0.05) is 18.7 Å². The molecule has 2 heterocycles. The zero-order valence-corrected chi connectivity index (χ0v) is 14.0. The summed E-state index contributed by atoms with van der Waals surface area (Å²) in [6, 6.07) is 13.4. The van der Waals surface area contributed by atoms with E-state index in [1.54, 1.807) is 0 Å². The van der Waals surface area contributed by atoms with Crippen LogP contribution in [0.5, 0.6) is 0 Å². The molecule has 0 aliphatic carbocycles. The monoisotopic (exact) mass is 343 g/mol. The van der Waals surface area contributed by atoms with Crippen LogP contribution in [0.15, 0.2) is 42.5 Å². The maximum absolute atomic E-state index is 6.44. The Hall–Kier alpha value is -1.84. The first kappa shape index (κ1) is 14.7. The zero-order valence-electron chi connectivity index (χ0n) is 12.5. The lowest BCUT2D eigenvalue weighted by molar-refractivity contribution is 0.941. The molecule has 1 fully saturated rings. The van der Waals surface area contributed by atoms with E-state index in [9.17, 15) is 0 Å². The van der Waals surface area contributed by atoms with Gasteiger partial charge in [-0.3, -0.25) is 0 Å². The molecule has 0 amide bonds. The number of rotatable bonds is 2. The van der Waals surface area contributed by atoms with Crippen molar-refractivity contribution in [1.29, 1.82) is 0 Å². The third-order valence-electron chi connectivity index (χ3n) is 4.17.